The van der Waals surface area contributed by atoms with Crippen LogP contribution in [-0.2, 0) is 18.0 Å². The van der Waals surface area contributed by atoms with Crippen molar-refractivity contribution in [3.8, 4) is 0 Å². The van der Waals surface area contributed by atoms with Gasteiger partial charge in [-0.25, -0.2) is 0 Å². The molecule has 2 rings (SSSR count). The van der Waals surface area contributed by atoms with Gasteiger partial charge < -0.3 is 18.0 Å². The van der Waals surface area contributed by atoms with E-state index in [2.05, 4.69) is 0 Å². The van der Waals surface area contributed by atoms with E-state index < -0.39 is 8.80 Å². The molecular weight excluding hydrogens is 200 g/mol. The molecule has 0 radical (unpaired) electrons. The summed E-state index contributed by atoms with van der Waals surface area (Å²) >= 11 is 0. The molecule has 1 saturated carbocycles. The van der Waals surface area contributed by atoms with Gasteiger partial charge in [0.2, 0.25) is 0 Å². The van der Waals surface area contributed by atoms with Crippen LogP contribution in [-0.4, -0.2) is 42.3 Å². The number of hydrogen-bond acceptors (Lipinski definition) is 4. The Morgan fingerprint density at radius 3 is 2.14 bits per heavy atom. The zero-order chi connectivity index (χ0) is 10.2. The lowest BCUT2D eigenvalue weighted by Crippen LogP contribution is -2.48. The lowest BCUT2D eigenvalue weighted by molar-refractivity contribution is 0.106. The molecule has 0 aromatic rings. The monoisotopic (exact) mass is 218 g/mol. The van der Waals surface area contributed by atoms with Crippen molar-refractivity contribution in [2.24, 2.45) is 0 Å². The molecule has 0 aromatic carbocycles. The quantitative estimate of drug-likeness (QED) is 0.525. The molecule has 0 unspecified atom stereocenters. The zero-order valence-corrected chi connectivity index (χ0v) is 9.99. The highest BCUT2D eigenvalue weighted by Gasteiger charge is 2.55. The van der Waals surface area contributed by atoms with Crippen molar-refractivity contribution in [3.63, 3.8) is 0 Å². The smallest absolute Gasteiger partial charge is 0.377 e. The topological polar surface area (TPSA) is 40.2 Å². The summed E-state index contributed by atoms with van der Waals surface area (Å²) < 4.78 is 21.9. The third-order valence-electron chi connectivity index (χ3n) is 3.36. The van der Waals surface area contributed by atoms with E-state index >= 15 is 0 Å². The first-order valence-corrected chi connectivity index (χ1v) is 6.87. The molecule has 0 N–H and O–H groups in total. The Hall–Kier alpha value is 0.0569. The Morgan fingerprint density at radius 1 is 1.00 bits per heavy atom. The van der Waals surface area contributed by atoms with Crippen molar-refractivity contribution in [3.05, 3.63) is 0 Å². The largest absolute Gasteiger partial charge is 0.503 e. The summed E-state index contributed by atoms with van der Waals surface area (Å²) in [5.74, 6) is 0. The Morgan fingerprint density at radius 2 is 1.64 bits per heavy atom. The van der Waals surface area contributed by atoms with E-state index in [9.17, 15) is 0 Å². The minimum absolute atomic E-state index is 0.409. The first-order chi connectivity index (χ1) is 6.75. The van der Waals surface area contributed by atoms with Crippen LogP contribution in [0.1, 0.15) is 19.3 Å². The van der Waals surface area contributed by atoms with Gasteiger partial charge in [-0.05, 0) is 19.3 Å². The van der Waals surface area contributed by atoms with Gasteiger partial charge in [-0.1, -0.05) is 0 Å². The maximum absolute atomic E-state index is 5.49. The van der Waals surface area contributed by atoms with Gasteiger partial charge in [0.1, 0.15) is 0 Å². The van der Waals surface area contributed by atoms with Crippen molar-refractivity contribution in [2.45, 2.75) is 37.0 Å². The fourth-order valence-corrected chi connectivity index (χ4v) is 5.02. The van der Waals surface area contributed by atoms with Crippen LogP contribution >= 0.6 is 0 Å². The second kappa shape index (κ2) is 3.90. The molecule has 4 nitrogen and oxygen atoms in total. The first-order valence-electron chi connectivity index (χ1n) is 5.06. The van der Waals surface area contributed by atoms with Gasteiger partial charge in [0.05, 0.1) is 12.2 Å². The molecular formula is C9H18O4Si. The van der Waals surface area contributed by atoms with Crippen molar-refractivity contribution in [2.75, 3.05) is 21.3 Å². The molecule has 1 saturated heterocycles. The van der Waals surface area contributed by atoms with Crippen LogP contribution in [0.25, 0.3) is 0 Å². The van der Waals surface area contributed by atoms with E-state index in [-0.39, 0.29) is 0 Å². The standard InChI is InChI=1S/C9H18O4Si/c1-10-14(11-2,12-3)7-4-5-8-9(6-7)13-8/h7-9H,4-6H2,1-3H3/t7-,8+,9-/m1/s1. The van der Waals surface area contributed by atoms with Crippen LogP contribution in [0.15, 0.2) is 0 Å². The summed E-state index contributed by atoms with van der Waals surface area (Å²) in [5, 5.41) is 0. The Bertz CT molecular complexity index is 199. The molecule has 2 aliphatic rings. The number of fused-ring (bicyclic) bond motifs is 1. The minimum atomic E-state index is -2.41. The number of ether oxygens (including phenoxy) is 1. The third-order valence-corrected chi connectivity index (χ3v) is 6.59. The van der Waals surface area contributed by atoms with Crippen molar-refractivity contribution < 1.29 is 18.0 Å². The van der Waals surface area contributed by atoms with Crippen molar-refractivity contribution in [1.82, 2.24) is 0 Å². The Kier molecular flexibility index (Phi) is 2.95. The lowest BCUT2D eigenvalue weighted by atomic mass is 10.0. The van der Waals surface area contributed by atoms with Gasteiger partial charge in [-0.15, -0.1) is 0 Å². The molecule has 0 amide bonds. The maximum atomic E-state index is 5.49. The van der Waals surface area contributed by atoms with Crippen LogP contribution in [0.3, 0.4) is 0 Å². The van der Waals surface area contributed by atoms with Crippen LogP contribution in [0.4, 0.5) is 0 Å². The van der Waals surface area contributed by atoms with Gasteiger partial charge in [-0.2, -0.15) is 0 Å². The van der Waals surface area contributed by atoms with Crippen LogP contribution < -0.4 is 0 Å². The zero-order valence-electron chi connectivity index (χ0n) is 8.99. The molecule has 3 atom stereocenters. The summed E-state index contributed by atoms with van der Waals surface area (Å²) in [4.78, 5) is 0. The molecule has 1 aliphatic heterocycles. The highest BCUT2D eigenvalue weighted by molar-refractivity contribution is 6.62. The Balaban J connectivity index is 2.02. The van der Waals surface area contributed by atoms with Gasteiger partial charge in [-0.3, -0.25) is 0 Å². The van der Waals surface area contributed by atoms with E-state index in [0.717, 1.165) is 19.3 Å². The highest BCUT2D eigenvalue weighted by atomic mass is 28.4. The summed E-state index contributed by atoms with van der Waals surface area (Å²) in [5.41, 5.74) is 0.409. The second-order valence-electron chi connectivity index (χ2n) is 3.94. The van der Waals surface area contributed by atoms with E-state index in [4.69, 9.17) is 18.0 Å². The summed E-state index contributed by atoms with van der Waals surface area (Å²) in [6.07, 6.45) is 4.22. The maximum Gasteiger partial charge on any atom is 0.503 e. The fraction of sp³-hybridized carbons (Fsp3) is 1.00. The number of hydrogen-bond donors (Lipinski definition) is 0. The minimum Gasteiger partial charge on any atom is -0.377 e. The molecule has 0 aromatic heterocycles. The molecule has 82 valence electrons. The van der Waals surface area contributed by atoms with E-state index in [1.54, 1.807) is 21.3 Å². The lowest BCUT2D eigenvalue weighted by Gasteiger charge is -2.33. The molecule has 2 fully saturated rings. The SMILES string of the molecule is CO[Si](OC)(OC)[C@@H]1CC[C@@H]2O[C@@H]2C1. The molecule has 5 heteroatoms. The predicted molar refractivity (Wildman–Crippen MR) is 53.0 cm³/mol. The summed E-state index contributed by atoms with van der Waals surface area (Å²) in [6, 6.07) is 0. The van der Waals surface area contributed by atoms with E-state index in [1.165, 1.54) is 0 Å². The first kappa shape index (κ1) is 10.6. The van der Waals surface area contributed by atoms with Gasteiger partial charge >= 0.3 is 8.80 Å². The highest BCUT2D eigenvalue weighted by Crippen LogP contribution is 2.46. The van der Waals surface area contributed by atoms with E-state index in [0.29, 0.717) is 17.7 Å². The van der Waals surface area contributed by atoms with Crippen molar-refractivity contribution in [1.29, 1.82) is 0 Å². The summed E-state index contributed by atoms with van der Waals surface area (Å²) in [6.45, 7) is 0. The second-order valence-corrected chi connectivity index (χ2v) is 7.19. The number of epoxide rings is 1. The molecule has 1 heterocycles. The van der Waals surface area contributed by atoms with Crippen molar-refractivity contribution >= 4 is 8.80 Å². The normalized spacial score (nSPS) is 36.6. The van der Waals surface area contributed by atoms with E-state index in [1.807, 2.05) is 0 Å². The van der Waals surface area contributed by atoms with Crippen LogP contribution in [0.5, 0.6) is 0 Å². The average Bonchev–Trinajstić information content (AvgIpc) is 2.99. The molecule has 0 spiro atoms. The predicted octanol–water partition coefficient (Wildman–Crippen LogP) is 1.19. The van der Waals surface area contributed by atoms with Crippen LogP contribution in [0, 0.1) is 0 Å². The third kappa shape index (κ3) is 1.63. The fourth-order valence-electron chi connectivity index (χ4n) is 2.48. The van der Waals surface area contributed by atoms with Gasteiger partial charge in [0, 0.05) is 26.9 Å². The average molecular weight is 218 g/mol. The Labute approximate surface area is 85.9 Å². The molecule has 0 bridgehead atoms. The van der Waals surface area contributed by atoms with Crippen LogP contribution in [0.2, 0.25) is 5.54 Å². The van der Waals surface area contributed by atoms with Gasteiger partial charge in [0.25, 0.3) is 0 Å². The number of rotatable bonds is 4. The molecule has 14 heavy (non-hydrogen) atoms. The molecule has 1 aliphatic carbocycles. The van der Waals surface area contributed by atoms with Gasteiger partial charge in [0.15, 0.2) is 0 Å². The summed E-state index contributed by atoms with van der Waals surface area (Å²) in [7, 11) is 2.63.